The van der Waals surface area contributed by atoms with E-state index >= 15 is 0 Å². The van der Waals surface area contributed by atoms with Gasteiger partial charge in [0.1, 0.15) is 6.61 Å². The number of rotatable bonds is 9. The molecule has 0 unspecified atom stereocenters. The highest BCUT2D eigenvalue weighted by atomic mass is 16.5. The summed E-state index contributed by atoms with van der Waals surface area (Å²) >= 11 is 0. The highest BCUT2D eigenvalue weighted by Crippen LogP contribution is 2.18. The number of benzene rings is 1. The topological polar surface area (TPSA) is 114 Å². The van der Waals surface area contributed by atoms with Crippen LogP contribution in [-0.4, -0.2) is 62.4 Å². The van der Waals surface area contributed by atoms with Gasteiger partial charge in [-0.25, -0.2) is 0 Å². The third kappa shape index (κ3) is 11.1. The zero-order chi connectivity index (χ0) is 23.7. The summed E-state index contributed by atoms with van der Waals surface area (Å²) in [5, 5.41) is 14.2. The number of hydrogen-bond acceptors (Lipinski definition) is 6. The summed E-state index contributed by atoms with van der Waals surface area (Å²) in [6.07, 6.45) is 7.49. The molecule has 33 heavy (non-hydrogen) atoms. The van der Waals surface area contributed by atoms with Gasteiger partial charge in [0, 0.05) is 13.0 Å². The molecule has 2 rings (SSSR count). The zero-order valence-electron chi connectivity index (χ0n) is 19.2. The molecule has 2 atom stereocenters. The summed E-state index contributed by atoms with van der Waals surface area (Å²) in [6.45, 7) is 1.10. The second kappa shape index (κ2) is 16.0. The maximum Gasteiger partial charge on any atom is 0.309 e. The first kappa shape index (κ1) is 26.5. The Bertz CT molecular complexity index is 753. The largest absolute Gasteiger partial charge is 0.464 e. The van der Waals surface area contributed by atoms with Crippen LogP contribution in [0.1, 0.15) is 37.7 Å². The molecule has 2 amide bonds. The third-order valence-electron chi connectivity index (χ3n) is 5.42. The summed E-state index contributed by atoms with van der Waals surface area (Å²) in [4.78, 5) is 37.4. The van der Waals surface area contributed by atoms with Crippen LogP contribution in [-0.2, 0) is 30.3 Å². The maximum absolute atomic E-state index is 12.6. The van der Waals surface area contributed by atoms with Crippen molar-refractivity contribution in [2.45, 2.75) is 38.5 Å². The standard InChI is InChI=1S/C25H36N2O6/c28-14-17-32-15-12-26-23(29)19-21-10-6-1-2-7-11-22(18-20-8-4-3-5-9-20)25(31)33-16-13-27-24(21)30/h1,3-6,8-9,21-22,28H,2,7,10-19H2,(H,26,29)(H,27,30)/t21-,22-/m1/s1. The van der Waals surface area contributed by atoms with Gasteiger partial charge in [-0.3, -0.25) is 14.4 Å². The van der Waals surface area contributed by atoms with Gasteiger partial charge < -0.3 is 25.2 Å². The number of carbonyl (C=O) groups excluding carboxylic acids is 3. The SMILES string of the molecule is O=C(C[C@H]1CC=CCCC[C@H](Cc2ccccc2)C(=O)OCCNC1=O)NCCOCCO. The monoisotopic (exact) mass is 460 g/mol. The molecule has 1 heterocycles. The van der Waals surface area contributed by atoms with Crippen molar-refractivity contribution in [1.82, 2.24) is 10.6 Å². The average molecular weight is 461 g/mol. The number of amides is 2. The third-order valence-corrected chi connectivity index (χ3v) is 5.42. The van der Waals surface area contributed by atoms with E-state index in [0.717, 1.165) is 24.8 Å². The lowest BCUT2D eigenvalue weighted by Gasteiger charge is -2.18. The first-order valence-corrected chi connectivity index (χ1v) is 11.7. The highest BCUT2D eigenvalue weighted by molar-refractivity contribution is 5.85. The Morgan fingerprint density at radius 1 is 1.15 bits per heavy atom. The van der Waals surface area contributed by atoms with E-state index in [9.17, 15) is 14.4 Å². The van der Waals surface area contributed by atoms with Gasteiger partial charge in [0.15, 0.2) is 0 Å². The fourth-order valence-electron chi connectivity index (χ4n) is 3.66. The van der Waals surface area contributed by atoms with Crippen molar-refractivity contribution in [3.05, 3.63) is 48.0 Å². The van der Waals surface area contributed by atoms with Crippen LogP contribution in [0.3, 0.4) is 0 Å². The van der Waals surface area contributed by atoms with Crippen LogP contribution in [0.2, 0.25) is 0 Å². The molecule has 8 nitrogen and oxygen atoms in total. The van der Waals surface area contributed by atoms with Crippen LogP contribution >= 0.6 is 0 Å². The van der Waals surface area contributed by atoms with Crippen molar-refractivity contribution < 1.29 is 29.0 Å². The van der Waals surface area contributed by atoms with E-state index < -0.39 is 5.92 Å². The van der Waals surface area contributed by atoms with Crippen LogP contribution in [0.4, 0.5) is 0 Å². The van der Waals surface area contributed by atoms with Gasteiger partial charge >= 0.3 is 5.97 Å². The molecular formula is C25H36N2O6. The molecular weight excluding hydrogens is 424 g/mol. The molecule has 0 radical (unpaired) electrons. The van der Waals surface area contributed by atoms with Crippen molar-refractivity contribution in [3.8, 4) is 0 Å². The summed E-state index contributed by atoms with van der Waals surface area (Å²) in [5.74, 6) is -1.41. The minimum Gasteiger partial charge on any atom is -0.464 e. The van der Waals surface area contributed by atoms with Crippen LogP contribution in [0.25, 0.3) is 0 Å². The molecule has 182 valence electrons. The molecule has 0 aliphatic carbocycles. The predicted molar refractivity (Wildman–Crippen MR) is 124 cm³/mol. The van der Waals surface area contributed by atoms with Gasteiger partial charge in [-0.1, -0.05) is 42.5 Å². The summed E-state index contributed by atoms with van der Waals surface area (Å²) in [6, 6.07) is 9.90. The van der Waals surface area contributed by atoms with Crippen molar-refractivity contribution in [1.29, 1.82) is 0 Å². The number of allylic oxidation sites excluding steroid dienone is 2. The number of aliphatic hydroxyl groups is 1. The first-order chi connectivity index (χ1) is 16.1. The van der Waals surface area contributed by atoms with Crippen LogP contribution < -0.4 is 10.6 Å². The second-order valence-corrected chi connectivity index (χ2v) is 8.07. The quantitative estimate of drug-likeness (QED) is 0.294. The number of aliphatic hydroxyl groups excluding tert-OH is 1. The van der Waals surface area contributed by atoms with E-state index in [1.807, 2.05) is 42.5 Å². The smallest absolute Gasteiger partial charge is 0.309 e. The molecule has 8 heteroatoms. The number of ether oxygens (including phenoxy) is 2. The first-order valence-electron chi connectivity index (χ1n) is 11.7. The molecule has 0 fully saturated rings. The lowest BCUT2D eigenvalue weighted by molar-refractivity contribution is -0.149. The Morgan fingerprint density at radius 2 is 1.97 bits per heavy atom. The highest BCUT2D eigenvalue weighted by Gasteiger charge is 2.23. The average Bonchev–Trinajstić information content (AvgIpc) is 2.82. The number of esters is 1. The minimum absolute atomic E-state index is 0.0640. The van der Waals surface area contributed by atoms with E-state index in [4.69, 9.17) is 14.6 Å². The Kier molecular flexibility index (Phi) is 12.9. The molecule has 1 aliphatic rings. The molecule has 0 spiro atoms. The van der Waals surface area contributed by atoms with Crippen molar-refractivity contribution in [3.63, 3.8) is 0 Å². The summed E-state index contributed by atoms with van der Waals surface area (Å²) in [7, 11) is 0. The van der Waals surface area contributed by atoms with Gasteiger partial charge in [-0.15, -0.1) is 0 Å². The molecule has 0 saturated heterocycles. The second-order valence-electron chi connectivity index (χ2n) is 8.07. The fourth-order valence-corrected chi connectivity index (χ4v) is 3.66. The lowest BCUT2D eigenvalue weighted by Crippen LogP contribution is -2.37. The molecule has 0 aromatic heterocycles. The number of nitrogens with one attached hydrogen (secondary N) is 2. The lowest BCUT2D eigenvalue weighted by atomic mass is 9.93. The Hall–Kier alpha value is -2.71. The van der Waals surface area contributed by atoms with Crippen LogP contribution in [0.5, 0.6) is 0 Å². The Labute approximate surface area is 195 Å². The van der Waals surface area contributed by atoms with Gasteiger partial charge in [-0.2, -0.15) is 0 Å². The molecule has 1 aromatic carbocycles. The Balaban J connectivity index is 1.87. The van der Waals surface area contributed by atoms with Gasteiger partial charge in [-0.05, 0) is 37.7 Å². The van der Waals surface area contributed by atoms with Crippen molar-refractivity contribution in [2.75, 3.05) is 39.5 Å². The van der Waals surface area contributed by atoms with Gasteiger partial charge in [0.05, 0.1) is 38.2 Å². The number of hydrogen-bond donors (Lipinski definition) is 3. The van der Waals surface area contributed by atoms with E-state index in [1.165, 1.54) is 0 Å². The summed E-state index contributed by atoms with van der Waals surface area (Å²) in [5.41, 5.74) is 1.10. The molecule has 1 aliphatic heterocycles. The fraction of sp³-hybridized carbons (Fsp3) is 0.560. The number of carbonyl (C=O) groups is 3. The zero-order valence-corrected chi connectivity index (χ0v) is 19.2. The van der Waals surface area contributed by atoms with Gasteiger partial charge in [0.25, 0.3) is 0 Å². The molecule has 1 aromatic rings. The van der Waals surface area contributed by atoms with E-state index in [2.05, 4.69) is 10.6 Å². The van der Waals surface area contributed by atoms with Gasteiger partial charge in [0.2, 0.25) is 11.8 Å². The Morgan fingerprint density at radius 3 is 2.76 bits per heavy atom. The van der Waals surface area contributed by atoms with Crippen molar-refractivity contribution in [2.24, 2.45) is 11.8 Å². The minimum atomic E-state index is -0.496. The van der Waals surface area contributed by atoms with Crippen LogP contribution in [0.15, 0.2) is 42.5 Å². The molecule has 0 saturated carbocycles. The van der Waals surface area contributed by atoms with Crippen molar-refractivity contribution >= 4 is 17.8 Å². The van der Waals surface area contributed by atoms with E-state index in [0.29, 0.717) is 26.0 Å². The van der Waals surface area contributed by atoms with E-state index in [-0.39, 0.29) is 56.5 Å². The molecule has 3 N–H and O–H groups in total. The van der Waals surface area contributed by atoms with Crippen LogP contribution in [0, 0.1) is 11.8 Å². The molecule has 0 bridgehead atoms. The van der Waals surface area contributed by atoms with E-state index in [1.54, 1.807) is 0 Å². The normalized spacial score (nSPS) is 20.4. The summed E-state index contributed by atoms with van der Waals surface area (Å²) < 4.78 is 10.6. The maximum atomic E-state index is 12.6. The predicted octanol–water partition coefficient (Wildman–Crippen LogP) is 1.77. The number of cyclic esters (lactones) is 1.